The Hall–Kier alpha value is -1.75. The quantitative estimate of drug-likeness (QED) is 0.419. The maximum atomic E-state index is 11.8. The maximum absolute atomic E-state index is 11.8. The van der Waals surface area contributed by atoms with Crippen molar-refractivity contribution in [1.29, 1.82) is 0 Å². The first-order chi connectivity index (χ1) is 13.9. The number of benzene rings is 2. The van der Waals surface area contributed by atoms with Crippen LogP contribution < -0.4 is 4.90 Å². The number of hydrogen-bond acceptors (Lipinski definition) is 3. The molecule has 152 valence electrons. The van der Waals surface area contributed by atoms with Crippen LogP contribution in [-0.2, 0) is 11.3 Å². The van der Waals surface area contributed by atoms with Gasteiger partial charge in [-0.05, 0) is 55.5 Å². The zero-order valence-electron chi connectivity index (χ0n) is 16.4. The SMILES string of the molecule is CCC(CC(C)=O)c1ccc(Cl)c2nc3n(c12)CCCN3c1ccc(Cl)cc1Cl. The van der Waals surface area contributed by atoms with Gasteiger partial charge in [0.2, 0.25) is 5.95 Å². The molecule has 1 unspecified atom stereocenters. The van der Waals surface area contributed by atoms with E-state index >= 15 is 0 Å². The van der Waals surface area contributed by atoms with E-state index in [9.17, 15) is 4.79 Å². The molecular weight excluding hydrogens is 429 g/mol. The minimum atomic E-state index is 0.141. The number of aromatic nitrogens is 2. The fourth-order valence-corrected chi connectivity index (χ4v) is 4.91. The largest absolute Gasteiger partial charge is 0.310 e. The lowest BCUT2D eigenvalue weighted by atomic mass is 9.90. The molecular formula is C22H22Cl3N3O. The van der Waals surface area contributed by atoms with E-state index in [1.807, 2.05) is 24.3 Å². The van der Waals surface area contributed by atoms with Crippen LogP contribution in [0.4, 0.5) is 11.6 Å². The van der Waals surface area contributed by atoms with Gasteiger partial charge in [0.1, 0.15) is 11.3 Å². The molecule has 4 nitrogen and oxygen atoms in total. The Morgan fingerprint density at radius 1 is 1.14 bits per heavy atom. The highest BCUT2D eigenvalue weighted by molar-refractivity contribution is 6.36. The molecule has 0 spiro atoms. The molecule has 2 aromatic carbocycles. The molecule has 0 radical (unpaired) electrons. The highest BCUT2D eigenvalue weighted by Crippen LogP contribution is 2.41. The second-order valence-electron chi connectivity index (χ2n) is 7.51. The van der Waals surface area contributed by atoms with Gasteiger partial charge >= 0.3 is 0 Å². The van der Waals surface area contributed by atoms with Gasteiger partial charge in [0, 0.05) is 24.5 Å². The molecule has 0 fully saturated rings. The number of fused-ring (bicyclic) bond motifs is 3. The van der Waals surface area contributed by atoms with Gasteiger partial charge in [0.15, 0.2) is 0 Å². The molecule has 29 heavy (non-hydrogen) atoms. The number of ketones is 1. The number of aryl methyl sites for hydroxylation is 1. The van der Waals surface area contributed by atoms with E-state index in [0.717, 1.165) is 54.2 Å². The van der Waals surface area contributed by atoms with Gasteiger partial charge in [-0.3, -0.25) is 0 Å². The molecule has 1 aromatic heterocycles. The number of hydrogen-bond donors (Lipinski definition) is 0. The van der Waals surface area contributed by atoms with Gasteiger partial charge < -0.3 is 14.3 Å². The Bertz CT molecular complexity index is 1090. The summed E-state index contributed by atoms with van der Waals surface area (Å²) >= 11 is 19.1. The van der Waals surface area contributed by atoms with Crippen molar-refractivity contribution in [3.63, 3.8) is 0 Å². The zero-order valence-corrected chi connectivity index (χ0v) is 18.7. The van der Waals surface area contributed by atoms with Crippen LogP contribution in [-0.4, -0.2) is 21.9 Å². The molecule has 7 heteroatoms. The van der Waals surface area contributed by atoms with Crippen molar-refractivity contribution in [3.8, 4) is 0 Å². The summed E-state index contributed by atoms with van der Waals surface area (Å²) in [6, 6.07) is 9.44. The average molecular weight is 451 g/mol. The van der Waals surface area contributed by atoms with Crippen LogP contribution in [0.2, 0.25) is 15.1 Å². The Morgan fingerprint density at radius 2 is 1.93 bits per heavy atom. The summed E-state index contributed by atoms with van der Waals surface area (Å²) in [5.41, 5.74) is 3.80. The second-order valence-corrected chi connectivity index (χ2v) is 8.76. The van der Waals surface area contributed by atoms with Gasteiger partial charge in [-0.1, -0.05) is 47.8 Å². The lowest BCUT2D eigenvalue weighted by Crippen LogP contribution is -2.28. The Morgan fingerprint density at radius 3 is 2.62 bits per heavy atom. The summed E-state index contributed by atoms with van der Waals surface area (Å²) in [5, 5.41) is 1.81. The number of carbonyl (C=O) groups excluding carboxylic acids is 1. The Kier molecular flexibility index (Phi) is 5.78. The number of imidazole rings is 1. The van der Waals surface area contributed by atoms with Crippen LogP contribution in [0.1, 0.15) is 44.6 Å². The summed E-state index contributed by atoms with van der Waals surface area (Å²) < 4.78 is 2.22. The summed E-state index contributed by atoms with van der Waals surface area (Å²) in [7, 11) is 0. The molecule has 2 heterocycles. The molecule has 1 aliphatic heterocycles. The third-order valence-electron chi connectivity index (χ3n) is 5.53. The first kappa shape index (κ1) is 20.5. The summed E-state index contributed by atoms with van der Waals surface area (Å²) in [4.78, 5) is 18.9. The third-order valence-corrected chi connectivity index (χ3v) is 6.37. The Balaban J connectivity index is 1.91. The molecule has 1 atom stereocenters. The Labute approximate surface area is 185 Å². The number of anilines is 2. The molecule has 0 saturated carbocycles. The number of nitrogens with zero attached hydrogens (tertiary/aromatic N) is 3. The monoisotopic (exact) mass is 449 g/mol. The highest BCUT2D eigenvalue weighted by atomic mass is 35.5. The summed E-state index contributed by atoms with van der Waals surface area (Å²) in [6.45, 7) is 5.41. The minimum Gasteiger partial charge on any atom is -0.310 e. The normalized spacial score (nSPS) is 14.9. The fourth-order valence-electron chi connectivity index (χ4n) is 4.20. The van der Waals surface area contributed by atoms with E-state index in [-0.39, 0.29) is 11.7 Å². The van der Waals surface area contributed by atoms with Crippen LogP contribution in [0, 0.1) is 0 Å². The van der Waals surface area contributed by atoms with E-state index in [1.165, 1.54) is 0 Å². The smallest absolute Gasteiger partial charge is 0.211 e. The first-order valence-electron chi connectivity index (χ1n) is 9.81. The highest BCUT2D eigenvalue weighted by Gasteiger charge is 2.28. The van der Waals surface area contributed by atoms with Gasteiger partial charge in [-0.15, -0.1) is 0 Å². The van der Waals surface area contributed by atoms with E-state index in [1.54, 1.807) is 13.0 Å². The van der Waals surface area contributed by atoms with Crippen molar-refractivity contribution in [2.75, 3.05) is 11.4 Å². The molecule has 0 bridgehead atoms. The lowest BCUT2D eigenvalue weighted by Gasteiger charge is -2.30. The van der Waals surface area contributed by atoms with E-state index in [4.69, 9.17) is 39.8 Å². The lowest BCUT2D eigenvalue weighted by molar-refractivity contribution is -0.117. The van der Waals surface area contributed by atoms with Gasteiger partial charge in [0.05, 0.1) is 21.2 Å². The third kappa shape index (κ3) is 3.74. The topological polar surface area (TPSA) is 38.1 Å². The van der Waals surface area contributed by atoms with E-state index in [2.05, 4.69) is 16.4 Å². The number of carbonyl (C=O) groups is 1. The summed E-state index contributed by atoms with van der Waals surface area (Å²) in [5.74, 6) is 1.15. The summed E-state index contributed by atoms with van der Waals surface area (Å²) in [6.07, 6.45) is 2.34. The maximum Gasteiger partial charge on any atom is 0.211 e. The molecule has 3 aromatic rings. The minimum absolute atomic E-state index is 0.141. The van der Waals surface area contributed by atoms with Gasteiger partial charge in [-0.2, -0.15) is 0 Å². The molecule has 1 aliphatic rings. The molecule has 0 aliphatic carbocycles. The fraction of sp³-hybridized carbons (Fsp3) is 0.364. The van der Waals surface area contributed by atoms with Crippen LogP contribution >= 0.6 is 34.8 Å². The molecule has 0 saturated heterocycles. The molecule has 4 rings (SSSR count). The van der Waals surface area contributed by atoms with Crippen molar-refractivity contribution in [2.45, 2.75) is 45.6 Å². The average Bonchev–Trinajstić information content (AvgIpc) is 3.08. The van der Waals surface area contributed by atoms with Gasteiger partial charge in [-0.25, -0.2) is 4.98 Å². The number of halogens is 3. The van der Waals surface area contributed by atoms with Gasteiger partial charge in [0.25, 0.3) is 0 Å². The van der Waals surface area contributed by atoms with E-state index < -0.39 is 0 Å². The van der Waals surface area contributed by atoms with Crippen molar-refractivity contribution >= 4 is 63.3 Å². The number of Topliss-reactive ketones (excluding diaryl/α,β-unsaturated/α-hetero) is 1. The predicted molar refractivity (Wildman–Crippen MR) is 121 cm³/mol. The van der Waals surface area contributed by atoms with Crippen molar-refractivity contribution in [2.24, 2.45) is 0 Å². The molecule has 0 N–H and O–H groups in total. The van der Waals surface area contributed by atoms with Crippen molar-refractivity contribution in [1.82, 2.24) is 9.55 Å². The zero-order chi connectivity index (χ0) is 20.7. The van der Waals surface area contributed by atoms with Crippen LogP contribution in [0.25, 0.3) is 11.0 Å². The van der Waals surface area contributed by atoms with Crippen molar-refractivity contribution < 1.29 is 4.79 Å². The predicted octanol–water partition coefficient (Wildman–Crippen LogP) is 7.01. The first-order valence-corrected chi connectivity index (χ1v) is 10.9. The van der Waals surface area contributed by atoms with Crippen molar-refractivity contribution in [3.05, 3.63) is 51.0 Å². The van der Waals surface area contributed by atoms with E-state index in [0.29, 0.717) is 21.5 Å². The van der Waals surface area contributed by atoms with Crippen LogP contribution in [0.3, 0.4) is 0 Å². The second kappa shape index (κ2) is 8.17. The molecule has 0 amide bonds. The number of rotatable bonds is 5. The van der Waals surface area contributed by atoms with Crippen LogP contribution in [0.15, 0.2) is 30.3 Å². The standard InChI is InChI=1S/C22H22Cl3N3O/c1-3-14(11-13(2)29)16-6-7-17(24)20-21(16)28-10-4-9-27(22(28)26-20)19-8-5-15(23)12-18(19)25/h5-8,12,14H,3-4,9-11H2,1-2H3. The van der Waals surface area contributed by atoms with Crippen LogP contribution in [0.5, 0.6) is 0 Å².